The largest absolute Gasteiger partial charge is 0.389 e. The zero-order chi connectivity index (χ0) is 15.9. The monoisotopic (exact) mass is 310 g/mol. The lowest BCUT2D eigenvalue weighted by Gasteiger charge is -2.33. The molecule has 0 bridgehead atoms. The maximum atomic E-state index is 12.0. The van der Waals surface area contributed by atoms with Crippen LogP contribution >= 0.6 is 0 Å². The summed E-state index contributed by atoms with van der Waals surface area (Å²) in [6.07, 6.45) is -1.80. The number of hydrogen-bond acceptors (Lipinski definition) is 3. The van der Waals surface area contributed by atoms with Crippen LogP contribution in [0.5, 0.6) is 0 Å². The standard InChI is InChI=1S/C14H25F3N2O2/c1-2-19-13(12(18)20)7-3-5-11(13)6-10-21-9-4-8-14(15,16)17/h11,19H,2-10H2,1H3,(H2,18,20). The minimum Gasteiger partial charge on any atom is -0.381 e. The van der Waals surface area contributed by atoms with Crippen LogP contribution in [0.3, 0.4) is 0 Å². The zero-order valence-electron chi connectivity index (χ0n) is 12.5. The van der Waals surface area contributed by atoms with Crippen LogP contribution in [0.25, 0.3) is 0 Å². The van der Waals surface area contributed by atoms with Crippen LogP contribution in [0.1, 0.15) is 45.4 Å². The Labute approximate surface area is 123 Å². The molecular formula is C14H25F3N2O2. The fourth-order valence-electron chi connectivity index (χ4n) is 3.13. The maximum Gasteiger partial charge on any atom is 0.389 e. The van der Waals surface area contributed by atoms with Crippen molar-refractivity contribution in [3.8, 4) is 0 Å². The fraction of sp³-hybridized carbons (Fsp3) is 0.929. The van der Waals surface area contributed by atoms with Crippen LogP contribution in [-0.4, -0.2) is 37.4 Å². The summed E-state index contributed by atoms with van der Waals surface area (Å²) in [5.41, 5.74) is 4.87. The molecule has 1 aliphatic carbocycles. The lowest BCUT2D eigenvalue weighted by molar-refractivity contribution is -0.138. The molecule has 0 aromatic carbocycles. The van der Waals surface area contributed by atoms with Crippen molar-refractivity contribution < 1.29 is 22.7 Å². The van der Waals surface area contributed by atoms with Gasteiger partial charge in [0, 0.05) is 19.6 Å². The van der Waals surface area contributed by atoms with Gasteiger partial charge in [0.1, 0.15) is 5.54 Å². The first-order valence-electron chi connectivity index (χ1n) is 7.51. The van der Waals surface area contributed by atoms with Gasteiger partial charge in [-0.15, -0.1) is 0 Å². The van der Waals surface area contributed by atoms with E-state index in [1.54, 1.807) is 0 Å². The van der Waals surface area contributed by atoms with Crippen molar-refractivity contribution in [1.82, 2.24) is 5.32 Å². The van der Waals surface area contributed by atoms with Gasteiger partial charge in [-0.2, -0.15) is 13.2 Å². The molecule has 0 radical (unpaired) electrons. The molecule has 124 valence electrons. The Morgan fingerprint density at radius 3 is 2.71 bits per heavy atom. The lowest BCUT2D eigenvalue weighted by atomic mass is 9.84. The van der Waals surface area contributed by atoms with E-state index in [0.717, 1.165) is 19.3 Å². The van der Waals surface area contributed by atoms with Crippen molar-refractivity contribution in [2.45, 2.75) is 57.2 Å². The number of amides is 1. The number of nitrogens with two attached hydrogens (primary N) is 1. The Kier molecular flexibility index (Phi) is 6.93. The Morgan fingerprint density at radius 1 is 1.43 bits per heavy atom. The van der Waals surface area contributed by atoms with Crippen molar-refractivity contribution >= 4 is 5.91 Å². The number of nitrogens with one attached hydrogen (secondary N) is 1. The van der Waals surface area contributed by atoms with Crippen molar-refractivity contribution in [3.05, 3.63) is 0 Å². The van der Waals surface area contributed by atoms with Gasteiger partial charge >= 0.3 is 6.18 Å². The van der Waals surface area contributed by atoms with Crippen LogP contribution < -0.4 is 11.1 Å². The molecule has 3 N–H and O–H groups in total. The van der Waals surface area contributed by atoms with Crippen molar-refractivity contribution in [3.63, 3.8) is 0 Å². The normalized spacial score (nSPS) is 26.2. The Morgan fingerprint density at radius 2 is 2.14 bits per heavy atom. The number of likely N-dealkylation sites (N-methyl/N-ethyl adjacent to an activating group) is 1. The number of carbonyl (C=O) groups is 1. The number of primary amides is 1. The summed E-state index contributed by atoms with van der Waals surface area (Å²) in [5.74, 6) is -0.249. The van der Waals surface area contributed by atoms with E-state index >= 15 is 0 Å². The molecule has 1 fully saturated rings. The molecule has 21 heavy (non-hydrogen) atoms. The second kappa shape index (κ2) is 7.98. The average molecular weight is 310 g/mol. The van der Waals surface area contributed by atoms with Crippen LogP contribution in [0, 0.1) is 5.92 Å². The molecule has 1 rings (SSSR count). The number of alkyl halides is 3. The van der Waals surface area contributed by atoms with Gasteiger partial charge in [0.2, 0.25) is 5.91 Å². The summed E-state index contributed by atoms with van der Waals surface area (Å²) in [6.45, 7) is 3.04. The molecule has 2 atom stereocenters. The Balaban J connectivity index is 2.32. The van der Waals surface area contributed by atoms with Gasteiger partial charge in [0.15, 0.2) is 0 Å². The first-order chi connectivity index (χ1) is 9.82. The predicted molar refractivity (Wildman–Crippen MR) is 73.7 cm³/mol. The van der Waals surface area contributed by atoms with E-state index < -0.39 is 18.1 Å². The molecule has 2 unspecified atom stereocenters. The fourth-order valence-corrected chi connectivity index (χ4v) is 3.13. The van der Waals surface area contributed by atoms with Crippen LogP contribution in [-0.2, 0) is 9.53 Å². The Bertz CT molecular complexity index is 337. The van der Waals surface area contributed by atoms with E-state index in [1.807, 2.05) is 6.92 Å². The molecule has 1 aliphatic rings. The summed E-state index contributed by atoms with van der Waals surface area (Å²) in [5, 5.41) is 3.20. The van der Waals surface area contributed by atoms with E-state index in [4.69, 9.17) is 10.5 Å². The highest BCUT2D eigenvalue weighted by atomic mass is 19.4. The van der Waals surface area contributed by atoms with Gasteiger partial charge < -0.3 is 15.8 Å². The minimum atomic E-state index is -4.12. The maximum absolute atomic E-state index is 12.0. The number of rotatable bonds is 9. The second-order valence-electron chi connectivity index (χ2n) is 5.57. The van der Waals surface area contributed by atoms with Crippen LogP contribution in [0.2, 0.25) is 0 Å². The van der Waals surface area contributed by atoms with E-state index in [1.165, 1.54) is 0 Å². The van der Waals surface area contributed by atoms with Crippen LogP contribution in [0.4, 0.5) is 13.2 Å². The SMILES string of the molecule is CCNC1(C(N)=O)CCCC1CCOCCCC(F)(F)F. The zero-order valence-corrected chi connectivity index (χ0v) is 12.5. The minimum absolute atomic E-state index is 0.0255. The highest BCUT2D eigenvalue weighted by Gasteiger charge is 2.46. The number of carbonyl (C=O) groups excluding carboxylic acids is 1. The number of halogens is 3. The summed E-state index contributed by atoms with van der Waals surface area (Å²) in [6, 6.07) is 0. The highest BCUT2D eigenvalue weighted by molar-refractivity contribution is 5.85. The van der Waals surface area contributed by atoms with E-state index in [-0.39, 0.29) is 24.9 Å². The third-order valence-electron chi connectivity index (χ3n) is 4.11. The molecular weight excluding hydrogens is 285 g/mol. The molecule has 0 heterocycles. The first-order valence-corrected chi connectivity index (χ1v) is 7.51. The molecule has 0 aromatic heterocycles. The Hall–Kier alpha value is -0.820. The summed E-state index contributed by atoms with van der Waals surface area (Å²) < 4.78 is 41.2. The van der Waals surface area contributed by atoms with E-state index in [0.29, 0.717) is 19.6 Å². The quantitative estimate of drug-likeness (QED) is 0.643. The number of hydrogen-bond donors (Lipinski definition) is 2. The molecule has 7 heteroatoms. The first kappa shape index (κ1) is 18.2. The molecule has 0 aromatic rings. The average Bonchev–Trinajstić information content (AvgIpc) is 2.77. The highest BCUT2D eigenvalue weighted by Crippen LogP contribution is 2.37. The summed E-state index contributed by atoms with van der Waals surface area (Å²) in [4.78, 5) is 11.8. The van der Waals surface area contributed by atoms with Gasteiger partial charge in [-0.3, -0.25) is 4.79 Å². The lowest BCUT2D eigenvalue weighted by Crippen LogP contribution is -2.58. The molecule has 0 spiro atoms. The van der Waals surface area contributed by atoms with Crippen molar-refractivity contribution in [2.24, 2.45) is 11.7 Å². The summed E-state index contributed by atoms with van der Waals surface area (Å²) >= 11 is 0. The van der Waals surface area contributed by atoms with E-state index in [9.17, 15) is 18.0 Å². The molecule has 4 nitrogen and oxygen atoms in total. The van der Waals surface area contributed by atoms with Crippen molar-refractivity contribution in [1.29, 1.82) is 0 Å². The van der Waals surface area contributed by atoms with Gasteiger partial charge in [-0.05, 0) is 38.1 Å². The van der Waals surface area contributed by atoms with Gasteiger partial charge in [0.25, 0.3) is 0 Å². The smallest absolute Gasteiger partial charge is 0.381 e. The van der Waals surface area contributed by atoms with Crippen molar-refractivity contribution in [2.75, 3.05) is 19.8 Å². The summed E-state index contributed by atoms with van der Waals surface area (Å²) in [7, 11) is 0. The third kappa shape index (κ3) is 5.47. The molecule has 0 aliphatic heterocycles. The predicted octanol–water partition coefficient (Wildman–Crippen LogP) is 2.37. The topological polar surface area (TPSA) is 64.3 Å². The number of ether oxygens (including phenoxy) is 1. The molecule has 1 saturated carbocycles. The molecule has 0 saturated heterocycles. The molecule has 1 amide bonds. The van der Waals surface area contributed by atoms with Gasteiger partial charge in [-0.25, -0.2) is 0 Å². The third-order valence-corrected chi connectivity index (χ3v) is 4.11. The van der Waals surface area contributed by atoms with Gasteiger partial charge in [0.05, 0.1) is 0 Å². The van der Waals surface area contributed by atoms with E-state index in [2.05, 4.69) is 5.32 Å². The van der Waals surface area contributed by atoms with Gasteiger partial charge in [-0.1, -0.05) is 13.3 Å². The van der Waals surface area contributed by atoms with Crippen LogP contribution in [0.15, 0.2) is 0 Å². The second-order valence-corrected chi connectivity index (χ2v) is 5.57.